The normalized spacial score (nSPS) is 69.0. The average Bonchev–Trinajstić information content (AvgIpc) is 2.77. The lowest BCUT2D eigenvalue weighted by Gasteiger charge is -1.88. The molecule has 0 saturated heterocycles. The lowest BCUT2D eigenvalue weighted by Crippen LogP contribution is -1.87. The Kier molecular flexibility index (Phi) is 0.982. The van der Waals surface area contributed by atoms with Gasteiger partial charge in [-0.15, -0.1) is 0 Å². The van der Waals surface area contributed by atoms with Crippen LogP contribution in [0.1, 0.15) is 19.3 Å². The molecule has 2 heteroatoms. The minimum absolute atomic E-state index is 0.825. The second kappa shape index (κ2) is 1.52. The first kappa shape index (κ1) is 6.47. The predicted octanol–water partition coefficient (Wildman–Crippen LogP) is 2.94. The Labute approximate surface area is 78.0 Å². The molecular weight excluding hydrogens is 256 g/mol. The molecule has 0 N–H and O–H groups in total. The van der Waals surface area contributed by atoms with Crippen LogP contribution >= 0.6 is 31.9 Å². The van der Waals surface area contributed by atoms with E-state index in [9.17, 15) is 0 Å². The van der Waals surface area contributed by atoms with Gasteiger partial charge in [0.05, 0.1) is 0 Å². The van der Waals surface area contributed by atoms with Crippen LogP contribution in [0.25, 0.3) is 0 Å². The van der Waals surface area contributed by atoms with Crippen LogP contribution in [0.3, 0.4) is 0 Å². The molecule has 4 atom stereocenters. The van der Waals surface area contributed by atoms with Gasteiger partial charge < -0.3 is 0 Å². The summed E-state index contributed by atoms with van der Waals surface area (Å²) in [6.45, 7) is 0. The van der Waals surface area contributed by atoms with Crippen LogP contribution in [-0.4, -0.2) is 10.2 Å². The van der Waals surface area contributed by atoms with Crippen LogP contribution < -0.4 is 0 Å². The van der Waals surface area contributed by atoms with Gasteiger partial charge in [0.15, 0.2) is 0 Å². The Hall–Kier alpha value is 0.960. The van der Waals surface area contributed by atoms with Crippen molar-refractivity contribution in [2.24, 2.45) is 16.7 Å². The zero-order valence-electron chi connectivity index (χ0n) is 5.74. The van der Waals surface area contributed by atoms with Crippen LogP contribution in [-0.2, 0) is 0 Å². The van der Waals surface area contributed by atoms with E-state index in [1.807, 2.05) is 0 Å². The summed E-state index contributed by atoms with van der Waals surface area (Å²) in [5.41, 5.74) is 1.68. The molecule has 3 rings (SSSR count). The summed E-state index contributed by atoms with van der Waals surface area (Å²) < 4.78 is 0. The maximum absolute atomic E-state index is 3.72. The molecule has 2 spiro atoms. The standard InChI is InChI=1S/C8H10Br2/c9-3-5-1-7(5)4-8(7)2-6(8)10/h5-6H,1-4H2/t5-,6+,7-,8+/m0/s1. The van der Waals surface area contributed by atoms with Gasteiger partial charge in [0.2, 0.25) is 0 Å². The first-order valence-electron chi connectivity index (χ1n) is 3.95. The monoisotopic (exact) mass is 264 g/mol. The van der Waals surface area contributed by atoms with Crippen LogP contribution in [0, 0.1) is 16.7 Å². The molecule has 0 unspecified atom stereocenters. The van der Waals surface area contributed by atoms with Gasteiger partial charge in [-0.05, 0) is 36.0 Å². The van der Waals surface area contributed by atoms with Crippen LogP contribution in [0.2, 0.25) is 0 Å². The largest absolute Gasteiger partial charge is 0.0925 e. The Morgan fingerprint density at radius 2 is 2.00 bits per heavy atom. The molecule has 3 saturated carbocycles. The minimum Gasteiger partial charge on any atom is -0.0925 e. The summed E-state index contributed by atoms with van der Waals surface area (Å²) in [5, 5.41) is 1.24. The topological polar surface area (TPSA) is 0 Å². The zero-order valence-corrected chi connectivity index (χ0v) is 8.91. The van der Waals surface area contributed by atoms with E-state index in [0.29, 0.717) is 0 Å². The molecule has 0 nitrogen and oxygen atoms in total. The summed E-state index contributed by atoms with van der Waals surface area (Å²) >= 11 is 7.30. The molecule has 0 aromatic heterocycles. The van der Waals surface area contributed by atoms with Crippen LogP contribution in [0.5, 0.6) is 0 Å². The Morgan fingerprint density at radius 3 is 2.30 bits per heavy atom. The molecule has 0 heterocycles. The summed E-state index contributed by atoms with van der Waals surface area (Å²) in [4.78, 5) is 0.893. The molecule has 0 aliphatic heterocycles. The van der Waals surface area contributed by atoms with Gasteiger partial charge in [0, 0.05) is 10.2 Å². The van der Waals surface area contributed by atoms with E-state index in [0.717, 1.165) is 21.6 Å². The number of halogens is 2. The maximum atomic E-state index is 3.72. The van der Waals surface area contributed by atoms with Crippen molar-refractivity contribution in [3.8, 4) is 0 Å². The molecule has 3 aliphatic carbocycles. The highest BCUT2D eigenvalue weighted by molar-refractivity contribution is 9.09. The van der Waals surface area contributed by atoms with E-state index in [2.05, 4.69) is 31.9 Å². The van der Waals surface area contributed by atoms with E-state index in [1.165, 1.54) is 24.6 Å². The van der Waals surface area contributed by atoms with Gasteiger partial charge >= 0.3 is 0 Å². The smallest absolute Gasteiger partial charge is 0.0214 e. The van der Waals surface area contributed by atoms with E-state index in [1.54, 1.807) is 0 Å². The summed E-state index contributed by atoms with van der Waals surface area (Å²) in [7, 11) is 0. The third kappa shape index (κ3) is 0.492. The SMILES string of the molecule is BrC[C@@H]1C[C@]12C[C@@]21C[C@H]1Br. The number of fused-ring (bicyclic) bond motifs is 1. The van der Waals surface area contributed by atoms with E-state index in [-0.39, 0.29) is 0 Å². The summed E-state index contributed by atoms with van der Waals surface area (Å²) in [5.74, 6) is 1.04. The maximum Gasteiger partial charge on any atom is 0.0214 e. The molecule has 56 valence electrons. The zero-order chi connectivity index (χ0) is 6.98. The van der Waals surface area contributed by atoms with E-state index >= 15 is 0 Å². The quantitative estimate of drug-likeness (QED) is 0.640. The van der Waals surface area contributed by atoms with Gasteiger partial charge in [-0.1, -0.05) is 31.9 Å². The molecule has 0 aromatic carbocycles. The predicted molar refractivity (Wildman–Crippen MR) is 48.7 cm³/mol. The molecule has 10 heavy (non-hydrogen) atoms. The number of rotatable bonds is 1. The number of alkyl halides is 2. The fraction of sp³-hybridized carbons (Fsp3) is 1.00. The summed E-state index contributed by atoms with van der Waals surface area (Å²) in [6, 6.07) is 0. The fourth-order valence-corrected chi connectivity index (χ4v) is 4.93. The van der Waals surface area contributed by atoms with Crippen molar-refractivity contribution in [1.29, 1.82) is 0 Å². The van der Waals surface area contributed by atoms with Crippen molar-refractivity contribution in [2.45, 2.75) is 24.1 Å². The number of hydrogen-bond acceptors (Lipinski definition) is 0. The molecule has 0 radical (unpaired) electrons. The fourth-order valence-electron chi connectivity index (χ4n) is 2.89. The first-order valence-corrected chi connectivity index (χ1v) is 5.99. The molecular formula is C8H10Br2. The third-order valence-electron chi connectivity index (χ3n) is 3.90. The van der Waals surface area contributed by atoms with Crippen LogP contribution in [0.4, 0.5) is 0 Å². The first-order chi connectivity index (χ1) is 4.75. The van der Waals surface area contributed by atoms with Gasteiger partial charge in [-0.2, -0.15) is 0 Å². The molecule has 0 bridgehead atoms. The Morgan fingerprint density at radius 1 is 1.30 bits per heavy atom. The molecule has 3 fully saturated rings. The van der Waals surface area contributed by atoms with Crippen molar-refractivity contribution in [2.75, 3.05) is 5.33 Å². The van der Waals surface area contributed by atoms with Gasteiger partial charge in [0.1, 0.15) is 0 Å². The second-order valence-electron chi connectivity index (χ2n) is 4.22. The Balaban J connectivity index is 1.80. The highest BCUT2D eigenvalue weighted by Crippen LogP contribution is 2.92. The van der Waals surface area contributed by atoms with E-state index in [4.69, 9.17) is 0 Å². The second-order valence-corrected chi connectivity index (χ2v) is 5.97. The van der Waals surface area contributed by atoms with Gasteiger partial charge in [-0.3, -0.25) is 0 Å². The Bertz CT molecular complexity index is 203. The number of hydrogen-bond donors (Lipinski definition) is 0. The lowest BCUT2D eigenvalue weighted by molar-refractivity contribution is 0.665. The lowest BCUT2D eigenvalue weighted by atomic mass is 10.2. The highest BCUT2D eigenvalue weighted by Gasteiger charge is 2.87. The molecule has 0 aromatic rings. The highest BCUT2D eigenvalue weighted by atomic mass is 79.9. The average molecular weight is 266 g/mol. The van der Waals surface area contributed by atoms with Crippen molar-refractivity contribution in [3.63, 3.8) is 0 Å². The summed E-state index contributed by atoms with van der Waals surface area (Å²) in [6.07, 6.45) is 4.52. The molecule has 0 amide bonds. The van der Waals surface area contributed by atoms with Crippen molar-refractivity contribution in [1.82, 2.24) is 0 Å². The van der Waals surface area contributed by atoms with Gasteiger partial charge in [-0.25, -0.2) is 0 Å². The van der Waals surface area contributed by atoms with Crippen molar-refractivity contribution < 1.29 is 0 Å². The van der Waals surface area contributed by atoms with Crippen molar-refractivity contribution >= 4 is 31.9 Å². The van der Waals surface area contributed by atoms with Gasteiger partial charge in [0.25, 0.3) is 0 Å². The van der Waals surface area contributed by atoms with Crippen molar-refractivity contribution in [3.05, 3.63) is 0 Å². The third-order valence-corrected chi connectivity index (χ3v) is 5.88. The van der Waals surface area contributed by atoms with Crippen LogP contribution in [0.15, 0.2) is 0 Å². The minimum atomic E-state index is 0.825. The van der Waals surface area contributed by atoms with E-state index < -0.39 is 0 Å². The molecule has 3 aliphatic rings.